The summed E-state index contributed by atoms with van der Waals surface area (Å²) in [6.07, 6.45) is 1.18. The van der Waals surface area contributed by atoms with Gasteiger partial charge in [0.1, 0.15) is 0 Å². The van der Waals surface area contributed by atoms with Crippen molar-refractivity contribution in [2.75, 3.05) is 0 Å². The first-order chi connectivity index (χ1) is 9.81. The van der Waals surface area contributed by atoms with E-state index in [0.29, 0.717) is 17.9 Å². The predicted octanol–water partition coefficient (Wildman–Crippen LogP) is 4.34. The van der Waals surface area contributed by atoms with Gasteiger partial charge in [-0.05, 0) is 29.0 Å². The van der Waals surface area contributed by atoms with Crippen molar-refractivity contribution >= 4 is 0 Å². The van der Waals surface area contributed by atoms with Crippen molar-refractivity contribution in [3.05, 3.63) is 71.3 Å². The van der Waals surface area contributed by atoms with Crippen LogP contribution in [-0.4, -0.2) is 6.04 Å². The van der Waals surface area contributed by atoms with E-state index < -0.39 is 0 Å². The van der Waals surface area contributed by atoms with Crippen molar-refractivity contribution in [3.63, 3.8) is 0 Å². The molecule has 1 heteroatoms. The van der Waals surface area contributed by atoms with Crippen molar-refractivity contribution in [1.29, 1.82) is 0 Å². The van der Waals surface area contributed by atoms with E-state index in [1.165, 1.54) is 23.1 Å². The zero-order valence-corrected chi connectivity index (χ0v) is 12.3. The lowest BCUT2D eigenvalue weighted by Gasteiger charge is -2.29. The van der Waals surface area contributed by atoms with E-state index >= 15 is 0 Å². The molecule has 3 rings (SSSR count). The average Bonchev–Trinajstić information content (AvgIpc) is 2.64. The van der Waals surface area contributed by atoms with E-state index in [2.05, 4.69) is 73.8 Å². The van der Waals surface area contributed by atoms with Gasteiger partial charge in [0.05, 0.1) is 0 Å². The number of rotatable bonds is 2. The summed E-state index contributed by atoms with van der Waals surface area (Å²) in [5.41, 5.74) is 4.38. The Morgan fingerprint density at radius 3 is 2.45 bits per heavy atom. The Balaban J connectivity index is 2.11. The van der Waals surface area contributed by atoms with Crippen LogP contribution in [-0.2, 0) is 6.54 Å². The quantitative estimate of drug-likeness (QED) is 0.852. The molecule has 0 radical (unpaired) electrons. The third kappa shape index (κ3) is 2.38. The third-order valence-electron chi connectivity index (χ3n) is 4.70. The summed E-state index contributed by atoms with van der Waals surface area (Å²) in [7, 11) is 0. The zero-order valence-electron chi connectivity index (χ0n) is 12.3. The zero-order chi connectivity index (χ0) is 13.9. The highest BCUT2D eigenvalue weighted by Gasteiger charge is 2.31. The van der Waals surface area contributed by atoms with Crippen LogP contribution >= 0.6 is 0 Å². The molecule has 1 N–H and O–H groups in total. The molecule has 0 bridgehead atoms. The first-order valence-electron chi connectivity index (χ1n) is 7.67. The first-order valence-corrected chi connectivity index (χ1v) is 7.67. The van der Waals surface area contributed by atoms with Crippen LogP contribution in [0.25, 0.3) is 0 Å². The van der Waals surface area contributed by atoms with Gasteiger partial charge in [-0.1, -0.05) is 68.4 Å². The normalized spacial score (nSPS) is 25.8. The highest BCUT2D eigenvalue weighted by molar-refractivity contribution is 5.40. The minimum Gasteiger partial charge on any atom is -0.310 e. The van der Waals surface area contributed by atoms with E-state index in [0.717, 1.165) is 6.54 Å². The van der Waals surface area contributed by atoms with Crippen molar-refractivity contribution in [3.8, 4) is 0 Å². The number of fused-ring (bicyclic) bond motifs is 1. The molecule has 20 heavy (non-hydrogen) atoms. The number of hydrogen-bond acceptors (Lipinski definition) is 1. The molecule has 1 aliphatic rings. The van der Waals surface area contributed by atoms with Crippen molar-refractivity contribution in [2.45, 2.75) is 38.8 Å². The third-order valence-corrected chi connectivity index (χ3v) is 4.70. The lowest BCUT2D eigenvalue weighted by Crippen LogP contribution is -2.34. The van der Waals surface area contributed by atoms with Crippen LogP contribution in [0, 0.1) is 5.92 Å². The molecular weight excluding hydrogens is 242 g/mol. The Hall–Kier alpha value is -1.60. The summed E-state index contributed by atoms with van der Waals surface area (Å²) >= 11 is 0. The Morgan fingerprint density at radius 2 is 1.70 bits per heavy atom. The van der Waals surface area contributed by atoms with Gasteiger partial charge in [-0.15, -0.1) is 0 Å². The van der Waals surface area contributed by atoms with E-state index in [9.17, 15) is 0 Å². The molecule has 104 valence electrons. The van der Waals surface area contributed by atoms with Gasteiger partial charge < -0.3 is 5.32 Å². The molecule has 2 aromatic rings. The molecule has 0 saturated heterocycles. The lowest BCUT2D eigenvalue weighted by molar-refractivity contribution is 0.350. The van der Waals surface area contributed by atoms with E-state index in [1.807, 2.05) is 0 Å². The number of hydrogen-bond donors (Lipinski definition) is 1. The molecular formula is C19H23N. The van der Waals surface area contributed by atoms with Gasteiger partial charge in [-0.2, -0.15) is 0 Å². The number of benzene rings is 2. The van der Waals surface area contributed by atoms with Crippen molar-refractivity contribution in [2.24, 2.45) is 5.92 Å². The molecule has 0 fully saturated rings. The molecule has 0 spiro atoms. The van der Waals surface area contributed by atoms with Crippen LogP contribution < -0.4 is 5.32 Å². The fourth-order valence-corrected chi connectivity index (χ4v) is 3.60. The smallest absolute Gasteiger partial charge is 0.0211 e. The fourth-order valence-electron chi connectivity index (χ4n) is 3.60. The van der Waals surface area contributed by atoms with Crippen LogP contribution in [0.15, 0.2) is 54.6 Å². The SMILES string of the molecule is CCC1NCc2ccccc2C(c2ccccc2)C1C. The van der Waals surface area contributed by atoms with Crippen LogP contribution in [0.1, 0.15) is 42.9 Å². The van der Waals surface area contributed by atoms with E-state index in [1.54, 1.807) is 0 Å². The summed E-state index contributed by atoms with van der Waals surface area (Å²) < 4.78 is 0. The van der Waals surface area contributed by atoms with Crippen LogP contribution in [0.2, 0.25) is 0 Å². The molecule has 1 heterocycles. The maximum Gasteiger partial charge on any atom is 0.0211 e. The molecule has 1 aliphatic heterocycles. The Bertz CT molecular complexity index is 561. The van der Waals surface area contributed by atoms with Gasteiger partial charge in [0.2, 0.25) is 0 Å². The Morgan fingerprint density at radius 1 is 1.00 bits per heavy atom. The molecule has 3 atom stereocenters. The molecule has 0 aromatic heterocycles. The molecule has 0 saturated carbocycles. The van der Waals surface area contributed by atoms with Gasteiger partial charge in [-0.3, -0.25) is 0 Å². The van der Waals surface area contributed by atoms with Gasteiger partial charge in [0.25, 0.3) is 0 Å². The lowest BCUT2D eigenvalue weighted by atomic mass is 9.77. The van der Waals surface area contributed by atoms with Crippen LogP contribution in [0.5, 0.6) is 0 Å². The minimum atomic E-state index is 0.493. The highest BCUT2D eigenvalue weighted by Crippen LogP contribution is 2.38. The summed E-state index contributed by atoms with van der Waals surface area (Å²) in [5.74, 6) is 1.10. The second kappa shape index (κ2) is 5.80. The van der Waals surface area contributed by atoms with Gasteiger partial charge in [0.15, 0.2) is 0 Å². The van der Waals surface area contributed by atoms with Gasteiger partial charge in [0, 0.05) is 18.5 Å². The van der Waals surface area contributed by atoms with Crippen LogP contribution in [0.3, 0.4) is 0 Å². The standard InChI is InChI=1S/C19H23N/c1-3-18-14(2)19(15-9-5-4-6-10-15)17-12-8-7-11-16(17)13-20-18/h4-12,14,18-20H,3,13H2,1-2H3. The second-order valence-corrected chi connectivity index (χ2v) is 5.84. The average molecular weight is 265 g/mol. The summed E-state index contributed by atoms with van der Waals surface area (Å²) in [6.45, 7) is 5.66. The topological polar surface area (TPSA) is 12.0 Å². The van der Waals surface area contributed by atoms with Crippen LogP contribution in [0.4, 0.5) is 0 Å². The maximum atomic E-state index is 3.74. The van der Waals surface area contributed by atoms with Crippen molar-refractivity contribution < 1.29 is 0 Å². The second-order valence-electron chi connectivity index (χ2n) is 5.84. The maximum absolute atomic E-state index is 3.74. The Kier molecular flexibility index (Phi) is 3.88. The summed E-state index contributed by atoms with van der Waals surface area (Å²) in [4.78, 5) is 0. The summed E-state index contributed by atoms with van der Waals surface area (Å²) in [6, 6.07) is 20.4. The van der Waals surface area contributed by atoms with Crippen molar-refractivity contribution in [1.82, 2.24) is 5.32 Å². The fraction of sp³-hybridized carbons (Fsp3) is 0.368. The largest absolute Gasteiger partial charge is 0.310 e. The van der Waals surface area contributed by atoms with Gasteiger partial charge >= 0.3 is 0 Å². The molecule has 0 amide bonds. The monoisotopic (exact) mass is 265 g/mol. The molecule has 0 aliphatic carbocycles. The van der Waals surface area contributed by atoms with E-state index in [-0.39, 0.29) is 0 Å². The predicted molar refractivity (Wildman–Crippen MR) is 84.8 cm³/mol. The van der Waals surface area contributed by atoms with Gasteiger partial charge in [-0.25, -0.2) is 0 Å². The Labute approximate surface area is 122 Å². The molecule has 3 unspecified atom stereocenters. The molecule has 1 nitrogen and oxygen atoms in total. The highest BCUT2D eigenvalue weighted by atomic mass is 14.9. The first kappa shape index (κ1) is 13.4. The summed E-state index contributed by atoms with van der Waals surface area (Å²) in [5, 5.41) is 3.74. The minimum absolute atomic E-state index is 0.493. The number of nitrogens with one attached hydrogen (secondary N) is 1. The van der Waals surface area contributed by atoms with E-state index in [4.69, 9.17) is 0 Å². The molecule has 2 aromatic carbocycles.